The summed E-state index contributed by atoms with van der Waals surface area (Å²) in [6.45, 7) is 4.84. The van der Waals surface area contributed by atoms with Crippen LogP contribution in [0.5, 0.6) is 17.2 Å². The minimum absolute atomic E-state index is 0.417. The maximum Gasteiger partial charge on any atom is 0.146 e. The van der Waals surface area contributed by atoms with Gasteiger partial charge in [0.05, 0.1) is 31.2 Å². The first-order chi connectivity index (χ1) is 20.5. The topological polar surface area (TPSA) is 65.7 Å². The van der Waals surface area contributed by atoms with Gasteiger partial charge in [0.15, 0.2) is 0 Å². The number of nitrogens with two attached hydrogens (primary N) is 1. The number of benzene rings is 3. The van der Waals surface area contributed by atoms with Gasteiger partial charge in [0, 0.05) is 40.0 Å². The number of rotatable bonds is 2. The minimum Gasteiger partial charge on any atom is -0.492 e. The monoisotopic (exact) mass is 566 g/mol. The fourth-order valence-corrected chi connectivity index (χ4v) is 7.96. The smallest absolute Gasteiger partial charge is 0.146 e. The van der Waals surface area contributed by atoms with E-state index in [0.29, 0.717) is 16.2 Å². The van der Waals surface area contributed by atoms with Crippen LogP contribution < -0.4 is 25.3 Å². The Morgan fingerprint density at radius 1 is 0.643 bits per heavy atom. The molecule has 3 spiro atoms. The molecule has 3 aromatic rings. The van der Waals surface area contributed by atoms with Crippen molar-refractivity contribution in [3.8, 4) is 17.2 Å². The lowest BCUT2D eigenvalue weighted by Crippen LogP contribution is -2.39. The molecule has 222 valence electrons. The van der Waals surface area contributed by atoms with Crippen molar-refractivity contribution in [1.29, 1.82) is 0 Å². The van der Waals surface area contributed by atoms with Crippen molar-refractivity contribution >= 4 is 11.4 Å². The van der Waals surface area contributed by atoms with Gasteiger partial charge >= 0.3 is 0 Å². The largest absolute Gasteiger partial charge is 0.492 e. The Hall–Kier alpha value is -3.34. The molecule has 3 aromatic carbocycles. The second-order valence-corrected chi connectivity index (χ2v) is 13.3. The number of nitrogens with one attached hydrogen (secondary N) is 1. The van der Waals surface area contributed by atoms with Gasteiger partial charge in [-0.05, 0) is 75.5 Å². The van der Waals surface area contributed by atoms with E-state index in [-0.39, 0.29) is 0 Å². The summed E-state index contributed by atoms with van der Waals surface area (Å²) < 4.78 is 17.3. The average molecular weight is 567 g/mol. The molecule has 3 saturated carbocycles. The van der Waals surface area contributed by atoms with E-state index in [4.69, 9.17) is 19.9 Å². The SMILES string of the molecule is CCc1cccc2c1OCC21CCC1.CNc1cccc2c1OCCC21CC1.Nc1cccc2c1OCCC21CCC1. The van der Waals surface area contributed by atoms with E-state index in [0.717, 1.165) is 49.1 Å². The maximum atomic E-state index is 5.92. The minimum atomic E-state index is 0.417. The Kier molecular flexibility index (Phi) is 7.03. The maximum absolute atomic E-state index is 5.92. The Morgan fingerprint density at radius 2 is 1.21 bits per heavy atom. The van der Waals surface area contributed by atoms with Gasteiger partial charge in [0.2, 0.25) is 0 Å². The summed E-state index contributed by atoms with van der Waals surface area (Å²) in [5.74, 6) is 3.26. The van der Waals surface area contributed by atoms with Gasteiger partial charge in [-0.3, -0.25) is 0 Å². The first-order valence-corrected chi connectivity index (χ1v) is 16.2. The van der Waals surface area contributed by atoms with Crippen LogP contribution in [-0.2, 0) is 22.7 Å². The molecule has 3 N–H and O–H groups in total. The molecule has 0 unspecified atom stereocenters. The quantitative estimate of drug-likeness (QED) is 0.307. The molecule has 3 aliphatic heterocycles. The molecule has 3 fully saturated rings. The summed E-state index contributed by atoms with van der Waals surface area (Å²) in [6.07, 6.45) is 14.1. The lowest BCUT2D eigenvalue weighted by atomic mass is 9.61. The standard InChI is InChI=1S/C13H16O.2C12H15NO/c1-2-10-5-3-6-11-12(10)14-9-13(11)7-4-8-13;1-13-10-4-2-3-9-11(10)14-8-7-12(9)5-6-12;13-10-4-1-3-9-11(10)14-8-7-12(9)5-2-6-12/h3,5-6H,2,4,7-9H2,1H3;2-4,13H,5-8H2,1H3;1,3-4H,2,5-8,13H2. The fraction of sp³-hybridized carbons (Fsp3) is 0.514. The second kappa shape index (κ2) is 10.7. The van der Waals surface area contributed by atoms with Crippen LogP contribution in [0, 0.1) is 0 Å². The molecule has 6 aliphatic rings. The Labute approximate surface area is 251 Å². The molecule has 0 atom stereocenters. The third kappa shape index (κ3) is 4.51. The summed E-state index contributed by atoms with van der Waals surface area (Å²) in [4.78, 5) is 0. The summed E-state index contributed by atoms with van der Waals surface area (Å²) in [5, 5.41) is 3.20. The Bertz CT molecular complexity index is 1450. The third-order valence-corrected chi connectivity index (χ3v) is 11.1. The number of aryl methyl sites for hydroxylation is 1. The Morgan fingerprint density at radius 3 is 1.81 bits per heavy atom. The highest BCUT2D eigenvalue weighted by atomic mass is 16.5. The average Bonchev–Trinajstić information content (AvgIpc) is 3.64. The lowest BCUT2D eigenvalue weighted by Gasteiger charge is -2.46. The van der Waals surface area contributed by atoms with Crippen molar-refractivity contribution in [1.82, 2.24) is 0 Å². The summed E-state index contributed by atoms with van der Waals surface area (Å²) >= 11 is 0. The molecule has 0 aromatic heterocycles. The molecule has 42 heavy (non-hydrogen) atoms. The Balaban J connectivity index is 0.000000103. The van der Waals surface area contributed by atoms with Gasteiger partial charge in [-0.2, -0.15) is 0 Å². The molecule has 0 saturated heterocycles. The molecule has 0 radical (unpaired) electrons. The van der Waals surface area contributed by atoms with Crippen LogP contribution in [-0.4, -0.2) is 26.9 Å². The van der Waals surface area contributed by atoms with Crippen LogP contribution in [0.4, 0.5) is 11.4 Å². The van der Waals surface area contributed by atoms with E-state index in [1.807, 2.05) is 19.2 Å². The van der Waals surface area contributed by atoms with Crippen LogP contribution in [0.2, 0.25) is 0 Å². The van der Waals surface area contributed by atoms with Crippen LogP contribution in [0.15, 0.2) is 54.6 Å². The van der Waals surface area contributed by atoms with Crippen LogP contribution in [0.3, 0.4) is 0 Å². The zero-order valence-electron chi connectivity index (χ0n) is 25.4. The number of hydrogen-bond acceptors (Lipinski definition) is 5. The number of para-hydroxylation sites is 3. The molecular formula is C37H46N2O3. The van der Waals surface area contributed by atoms with Crippen LogP contribution in [0.25, 0.3) is 0 Å². The van der Waals surface area contributed by atoms with Crippen molar-refractivity contribution < 1.29 is 14.2 Å². The van der Waals surface area contributed by atoms with Gasteiger partial charge in [0.1, 0.15) is 17.2 Å². The van der Waals surface area contributed by atoms with E-state index >= 15 is 0 Å². The van der Waals surface area contributed by atoms with E-state index in [1.54, 1.807) is 0 Å². The molecule has 0 amide bonds. The van der Waals surface area contributed by atoms with E-state index < -0.39 is 0 Å². The van der Waals surface area contributed by atoms with Gasteiger partial charge in [-0.25, -0.2) is 0 Å². The third-order valence-electron chi connectivity index (χ3n) is 11.1. The lowest BCUT2D eigenvalue weighted by molar-refractivity contribution is 0.144. The van der Waals surface area contributed by atoms with Gasteiger partial charge < -0.3 is 25.3 Å². The van der Waals surface area contributed by atoms with E-state index in [9.17, 15) is 0 Å². The molecule has 0 bridgehead atoms. The van der Waals surface area contributed by atoms with Gasteiger partial charge in [0.25, 0.3) is 0 Å². The fourth-order valence-electron chi connectivity index (χ4n) is 7.96. The normalized spacial score (nSPS) is 21.7. The highest BCUT2D eigenvalue weighted by molar-refractivity contribution is 5.63. The zero-order chi connectivity index (χ0) is 28.8. The van der Waals surface area contributed by atoms with E-state index in [2.05, 4.69) is 54.7 Å². The molecule has 9 rings (SSSR count). The predicted octanol–water partition coefficient (Wildman–Crippen LogP) is 8.08. The highest BCUT2D eigenvalue weighted by Gasteiger charge is 2.48. The highest BCUT2D eigenvalue weighted by Crippen LogP contribution is 2.57. The van der Waals surface area contributed by atoms with E-state index in [1.165, 1.54) is 92.2 Å². The van der Waals surface area contributed by atoms with Crippen molar-refractivity contribution in [2.24, 2.45) is 0 Å². The number of anilines is 2. The summed E-state index contributed by atoms with van der Waals surface area (Å²) in [6, 6.07) is 19.2. The number of nitrogen functional groups attached to an aromatic ring is 1. The summed E-state index contributed by atoms with van der Waals surface area (Å²) in [5.41, 5.74) is 14.8. The van der Waals surface area contributed by atoms with Crippen molar-refractivity contribution in [3.05, 3.63) is 76.9 Å². The molecular weight excluding hydrogens is 520 g/mol. The number of fused-ring (bicyclic) bond motifs is 6. The second-order valence-electron chi connectivity index (χ2n) is 13.3. The van der Waals surface area contributed by atoms with Crippen molar-refractivity contribution in [2.75, 3.05) is 37.9 Å². The predicted molar refractivity (Wildman–Crippen MR) is 170 cm³/mol. The first-order valence-electron chi connectivity index (χ1n) is 16.2. The van der Waals surface area contributed by atoms with Crippen molar-refractivity contribution in [3.63, 3.8) is 0 Å². The zero-order valence-corrected chi connectivity index (χ0v) is 25.4. The van der Waals surface area contributed by atoms with Crippen molar-refractivity contribution in [2.45, 2.75) is 93.8 Å². The molecule has 5 heteroatoms. The van der Waals surface area contributed by atoms with Crippen LogP contribution >= 0.6 is 0 Å². The molecule has 5 nitrogen and oxygen atoms in total. The van der Waals surface area contributed by atoms with Crippen LogP contribution in [0.1, 0.15) is 93.4 Å². The number of hydrogen-bond donors (Lipinski definition) is 2. The van der Waals surface area contributed by atoms with Gasteiger partial charge in [-0.15, -0.1) is 0 Å². The molecule has 3 heterocycles. The molecule has 3 aliphatic carbocycles. The summed E-state index contributed by atoms with van der Waals surface area (Å²) in [7, 11) is 1.95. The first kappa shape index (κ1) is 27.5. The number of ether oxygens (including phenoxy) is 3. The van der Waals surface area contributed by atoms with Gasteiger partial charge in [-0.1, -0.05) is 62.2 Å².